The molecule has 0 saturated carbocycles. The summed E-state index contributed by atoms with van der Waals surface area (Å²) < 4.78 is 5.19. The molecule has 2 heteroatoms. The highest BCUT2D eigenvalue weighted by atomic mass is 16.5. The Balaban J connectivity index is 1.82. The number of benzene rings is 2. The fourth-order valence-corrected chi connectivity index (χ4v) is 2.53. The SMILES string of the molecule is COc1ccc([C@H]2Cc3ccccc3CN2)cc1. The van der Waals surface area contributed by atoms with Gasteiger partial charge in [0, 0.05) is 12.6 Å². The van der Waals surface area contributed by atoms with Crippen LogP contribution in [-0.2, 0) is 13.0 Å². The van der Waals surface area contributed by atoms with Crippen molar-refractivity contribution in [3.05, 3.63) is 65.2 Å². The van der Waals surface area contributed by atoms with Crippen molar-refractivity contribution < 1.29 is 4.74 Å². The van der Waals surface area contributed by atoms with Gasteiger partial charge in [-0.25, -0.2) is 0 Å². The first-order valence-corrected chi connectivity index (χ1v) is 6.31. The van der Waals surface area contributed by atoms with Crippen molar-refractivity contribution in [1.29, 1.82) is 0 Å². The monoisotopic (exact) mass is 239 g/mol. The van der Waals surface area contributed by atoms with E-state index in [2.05, 4.69) is 41.7 Å². The Morgan fingerprint density at radius 2 is 1.72 bits per heavy atom. The van der Waals surface area contributed by atoms with Crippen LogP contribution in [0.25, 0.3) is 0 Å². The van der Waals surface area contributed by atoms with Crippen LogP contribution in [0.1, 0.15) is 22.7 Å². The second-order valence-electron chi connectivity index (χ2n) is 4.68. The van der Waals surface area contributed by atoms with E-state index in [0.717, 1.165) is 18.7 Å². The molecule has 0 unspecified atom stereocenters. The molecule has 3 rings (SSSR count). The molecule has 0 fully saturated rings. The Morgan fingerprint density at radius 3 is 2.44 bits per heavy atom. The molecule has 1 atom stereocenters. The topological polar surface area (TPSA) is 21.3 Å². The number of methoxy groups -OCH3 is 1. The third-order valence-corrected chi connectivity index (χ3v) is 3.60. The molecule has 2 aromatic rings. The number of rotatable bonds is 2. The fourth-order valence-electron chi connectivity index (χ4n) is 2.53. The van der Waals surface area contributed by atoms with E-state index in [0.29, 0.717) is 6.04 Å². The molecule has 0 spiro atoms. The first-order valence-electron chi connectivity index (χ1n) is 6.31. The van der Waals surface area contributed by atoms with Crippen molar-refractivity contribution in [1.82, 2.24) is 5.32 Å². The molecule has 18 heavy (non-hydrogen) atoms. The normalized spacial score (nSPS) is 18.2. The third-order valence-electron chi connectivity index (χ3n) is 3.60. The van der Waals surface area contributed by atoms with E-state index in [4.69, 9.17) is 4.74 Å². The number of nitrogens with one attached hydrogen (secondary N) is 1. The van der Waals surface area contributed by atoms with E-state index in [1.54, 1.807) is 7.11 Å². The average molecular weight is 239 g/mol. The summed E-state index contributed by atoms with van der Waals surface area (Å²) in [5.74, 6) is 0.912. The molecule has 1 aliphatic rings. The van der Waals surface area contributed by atoms with Gasteiger partial charge < -0.3 is 10.1 Å². The zero-order valence-corrected chi connectivity index (χ0v) is 10.5. The van der Waals surface area contributed by atoms with Crippen LogP contribution in [0.4, 0.5) is 0 Å². The van der Waals surface area contributed by atoms with E-state index in [1.165, 1.54) is 16.7 Å². The van der Waals surface area contributed by atoms with Crippen molar-refractivity contribution >= 4 is 0 Å². The zero-order valence-electron chi connectivity index (χ0n) is 10.5. The summed E-state index contributed by atoms with van der Waals surface area (Å²) in [7, 11) is 1.70. The summed E-state index contributed by atoms with van der Waals surface area (Å²) in [6, 6.07) is 17.4. The van der Waals surface area contributed by atoms with Gasteiger partial charge in [0.05, 0.1) is 7.11 Å². The Labute approximate surface area is 108 Å². The maximum absolute atomic E-state index is 5.19. The van der Waals surface area contributed by atoms with Crippen molar-refractivity contribution in [2.75, 3.05) is 7.11 Å². The van der Waals surface area contributed by atoms with Crippen LogP contribution in [0.15, 0.2) is 48.5 Å². The second-order valence-corrected chi connectivity index (χ2v) is 4.68. The lowest BCUT2D eigenvalue weighted by Gasteiger charge is -2.26. The predicted octanol–water partition coefficient (Wildman–Crippen LogP) is 3.08. The number of hydrogen-bond donors (Lipinski definition) is 1. The third kappa shape index (κ3) is 2.12. The molecule has 2 nitrogen and oxygen atoms in total. The van der Waals surface area contributed by atoms with Crippen molar-refractivity contribution in [2.24, 2.45) is 0 Å². The minimum absolute atomic E-state index is 0.408. The molecule has 92 valence electrons. The summed E-state index contributed by atoms with van der Waals surface area (Å²) >= 11 is 0. The van der Waals surface area contributed by atoms with Crippen molar-refractivity contribution in [3.8, 4) is 5.75 Å². The van der Waals surface area contributed by atoms with Gasteiger partial charge in [-0.3, -0.25) is 0 Å². The summed E-state index contributed by atoms with van der Waals surface area (Å²) in [6.45, 7) is 0.951. The average Bonchev–Trinajstić information content (AvgIpc) is 2.47. The highest BCUT2D eigenvalue weighted by molar-refractivity contribution is 5.35. The van der Waals surface area contributed by atoms with Gasteiger partial charge in [-0.2, -0.15) is 0 Å². The van der Waals surface area contributed by atoms with Gasteiger partial charge in [0.25, 0.3) is 0 Å². The molecule has 1 aliphatic heterocycles. The van der Waals surface area contributed by atoms with E-state index in [9.17, 15) is 0 Å². The Kier molecular flexibility index (Phi) is 3.03. The van der Waals surface area contributed by atoms with E-state index < -0.39 is 0 Å². The van der Waals surface area contributed by atoms with Gasteiger partial charge in [0.1, 0.15) is 5.75 Å². The molecule has 1 N–H and O–H groups in total. The van der Waals surface area contributed by atoms with Crippen LogP contribution in [0.2, 0.25) is 0 Å². The molecule has 0 amide bonds. The molecular weight excluding hydrogens is 222 g/mol. The first kappa shape index (κ1) is 11.3. The Hall–Kier alpha value is -1.80. The fraction of sp³-hybridized carbons (Fsp3) is 0.250. The summed E-state index contributed by atoms with van der Waals surface area (Å²) in [6.07, 6.45) is 1.06. The second kappa shape index (κ2) is 4.83. The standard InChI is InChI=1S/C16H17NO/c1-18-15-8-6-12(7-9-15)16-10-13-4-2-3-5-14(13)11-17-16/h2-9,16-17H,10-11H2,1H3/t16-/m1/s1. The Bertz CT molecular complexity index is 533. The molecule has 0 radical (unpaired) electrons. The van der Waals surface area contributed by atoms with Gasteiger partial charge in [-0.15, -0.1) is 0 Å². The van der Waals surface area contributed by atoms with E-state index >= 15 is 0 Å². The summed E-state index contributed by atoms with van der Waals surface area (Å²) in [5.41, 5.74) is 4.20. The maximum atomic E-state index is 5.19. The molecule has 0 aliphatic carbocycles. The van der Waals surface area contributed by atoms with E-state index in [1.807, 2.05) is 12.1 Å². The smallest absolute Gasteiger partial charge is 0.118 e. The van der Waals surface area contributed by atoms with E-state index in [-0.39, 0.29) is 0 Å². The van der Waals surface area contributed by atoms with Crippen LogP contribution in [-0.4, -0.2) is 7.11 Å². The summed E-state index contributed by atoms with van der Waals surface area (Å²) in [4.78, 5) is 0. The first-order chi connectivity index (χ1) is 8.86. The van der Waals surface area contributed by atoms with Gasteiger partial charge in [-0.05, 0) is 35.2 Å². The highest BCUT2D eigenvalue weighted by Crippen LogP contribution is 2.26. The minimum Gasteiger partial charge on any atom is -0.497 e. The minimum atomic E-state index is 0.408. The van der Waals surface area contributed by atoms with Crippen LogP contribution < -0.4 is 10.1 Å². The lowest BCUT2D eigenvalue weighted by molar-refractivity contribution is 0.414. The zero-order chi connectivity index (χ0) is 12.4. The summed E-state index contributed by atoms with van der Waals surface area (Å²) in [5, 5.41) is 3.59. The molecule has 2 aromatic carbocycles. The van der Waals surface area contributed by atoms with Gasteiger partial charge >= 0.3 is 0 Å². The van der Waals surface area contributed by atoms with Crippen LogP contribution in [0, 0.1) is 0 Å². The number of ether oxygens (including phenoxy) is 1. The lowest BCUT2D eigenvalue weighted by Crippen LogP contribution is -2.28. The molecule has 1 heterocycles. The lowest BCUT2D eigenvalue weighted by atomic mass is 9.92. The molecule has 0 aromatic heterocycles. The number of fused-ring (bicyclic) bond motifs is 1. The largest absolute Gasteiger partial charge is 0.497 e. The van der Waals surface area contributed by atoms with Crippen LogP contribution >= 0.6 is 0 Å². The predicted molar refractivity (Wildman–Crippen MR) is 72.7 cm³/mol. The van der Waals surface area contributed by atoms with Gasteiger partial charge in [0.2, 0.25) is 0 Å². The van der Waals surface area contributed by atoms with Crippen LogP contribution in [0.3, 0.4) is 0 Å². The number of hydrogen-bond acceptors (Lipinski definition) is 2. The maximum Gasteiger partial charge on any atom is 0.118 e. The van der Waals surface area contributed by atoms with Crippen LogP contribution in [0.5, 0.6) is 5.75 Å². The van der Waals surface area contributed by atoms with Crippen molar-refractivity contribution in [3.63, 3.8) is 0 Å². The van der Waals surface area contributed by atoms with Gasteiger partial charge in [0.15, 0.2) is 0 Å². The Morgan fingerprint density at radius 1 is 1.00 bits per heavy atom. The van der Waals surface area contributed by atoms with Gasteiger partial charge in [-0.1, -0.05) is 36.4 Å². The van der Waals surface area contributed by atoms with Crippen molar-refractivity contribution in [2.45, 2.75) is 19.0 Å². The molecular formula is C16H17NO. The molecule has 0 bridgehead atoms. The molecule has 0 saturated heterocycles. The highest BCUT2D eigenvalue weighted by Gasteiger charge is 2.18. The quantitative estimate of drug-likeness (QED) is 0.869.